The number of nitrogens with two attached hydrogens (primary N) is 1. The molecule has 0 heterocycles. The Bertz CT molecular complexity index is 1170. The number of nitrogens with one attached hydrogen (secondary N) is 1. The molecule has 2 aromatic carbocycles. The molecule has 0 spiro atoms. The van der Waals surface area contributed by atoms with E-state index in [2.05, 4.69) is 5.32 Å². The average molecular weight is 612 g/mol. The molecule has 218 valence electrons. The van der Waals surface area contributed by atoms with Crippen LogP contribution in [0.4, 0.5) is 0 Å². The maximum absolute atomic E-state index is 13.6. The second-order valence-corrected chi connectivity index (χ2v) is 12.1. The monoisotopic (exact) mass is 610 g/mol. The third kappa shape index (κ3) is 6.81. The zero-order valence-electron chi connectivity index (χ0n) is 22.3. The van der Waals surface area contributed by atoms with Gasteiger partial charge < -0.3 is 25.6 Å². The zero-order chi connectivity index (χ0) is 27.5. The summed E-state index contributed by atoms with van der Waals surface area (Å²) in [6.45, 7) is 0.849. The molecule has 4 aliphatic rings. The number of halogens is 3. The van der Waals surface area contributed by atoms with Crippen LogP contribution in [0.1, 0.15) is 60.9 Å². The summed E-state index contributed by atoms with van der Waals surface area (Å²) in [5.74, 6) is 0.830. The fourth-order valence-electron chi connectivity index (χ4n) is 6.88. The van der Waals surface area contributed by atoms with Gasteiger partial charge in [-0.05, 0) is 86.8 Å². The Hall–Kier alpha value is -2.19. The van der Waals surface area contributed by atoms with E-state index in [-0.39, 0.29) is 46.3 Å². The highest BCUT2D eigenvalue weighted by atomic mass is 35.5. The highest BCUT2D eigenvalue weighted by Crippen LogP contribution is 2.54. The summed E-state index contributed by atoms with van der Waals surface area (Å²) in [6.07, 6.45) is 7.39. The number of carbonyl (C=O) groups excluding carboxylic acids is 2. The van der Waals surface area contributed by atoms with E-state index in [1.54, 1.807) is 0 Å². The lowest BCUT2D eigenvalue weighted by Crippen LogP contribution is -2.52. The first-order valence-corrected chi connectivity index (χ1v) is 14.7. The number of unbranched alkanes of at least 4 members (excludes halogenated alkanes) is 1. The first kappa shape index (κ1) is 30.8. The molecule has 0 unspecified atom stereocenters. The summed E-state index contributed by atoms with van der Waals surface area (Å²) in [4.78, 5) is 26.9. The molecule has 0 saturated heterocycles. The van der Waals surface area contributed by atoms with Crippen LogP contribution in [0.15, 0.2) is 36.4 Å². The fraction of sp³-hybridized carbons (Fsp3) is 0.533. The minimum absolute atomic E-state index is 0. The normalized spacial score (nSPS) is 25.1. The number of amides is 1. The smallest absolute Gasteiger partial charge is 0.329 e. The van der Waals surface area contributed by atoms with Crippen LogP contribution >= 0.6 is 35.6 Å². The third-order valence-corrected chi connectivity index (χ3v) is 9.14. The van der Waals surface area contributed by atoms with E-state index in [1.165, 1.54) is 12.5 Å². The Balaban J connectivity index is 0.00000370. The van der Waals surface area contributed by atoms with Gasteiger partial charge in [0.15, 0.2) is 11.5 Å². The molecule has 4 N–H and O–H groups in total. The van der Waals surface area contributed by atoms with Gasteiger partial charge in [-0.1, -0.05) is 53.5 Å². The van der Waals surface area contributed by atoms with Crippen LogP contribution in [0, 0.1) is 23.7 Å². The number of phenols is 1. The lowest BCUT2D eigenvalue weighted by Gasteiger charge is -2.53. The van der Waals surface area contributed by atoms with E-state index in [1.807, 2.05) is 30.3 Å². The molecule has 0 aromatic heterocycles. The van der Waals surface area contributed by atoms with Crippen LogP contribution in [-0.2, 0) is 16.0 Å². The standard InChI is InChI=1S/C30H36Cl2N2O5.ClH/c31-23-16-22(26(35)25(32)28(23)38-9-5-4-8-33)29(36)34-24(15-17-6-2-1-3-7-17)30(37)39-27-20-11-18-10-19(13-20)14-21(27)12-18;/h1-3,6-7,16,18-21,24,27,35H,4-5,8-15,33H2,(H,34,36);1H/t18?,19?,20?,21?,24-,27?;/m0./s1. The first-order chi connectivity index (χ1) is 18.8. The van der Waals surface area contributed by atoms with Crippen molar-refractivity contribution in [1.82, 2.24) is 5.32 Å². The Kier molecular flexibility index (Phi) is 10.5. The molecule has 1 atom stereocenters. The van der Waals surface area contributed by atoms with Gasteiger partial charge in [0.1, 0.15) is 17.2 Å². The molecule has 6 rings (SSSR count). The van der Waals surface area contributed by atoms with Crippen LogP contribution < -0.4 is 15.8 Å². The summed E-state index contributed by atoms with van der Waals surface area (Å²) in [7, 11) is 0. The predicted molar refractivity (Wildman–Crippen MR) is 157 cm³/mol. The van der Waals surface area contributed by atoms with Gasteiger partial charge in [-0.25, -0.2) is 4.79 Å². The van der Waals surface area contributed by atoms with Crippen molar-refractivity contribution in [1.29, 1.82) is 0 Å². The number of ether oxygens (including phenoxy) is 2. The van der Waals surface area contributed by atoms with E-state index in [0.29, 0.717) is 31.4 Å². The first-order valence-electron chi connectivity index (χ1n) is 13.9. The molecule has 4 aliphatic carbocycles. The zero-order valence-corrected chi connectivity index (χ0v) is 24.6. The van der Waals surface area contributed by atoms with E-state index < -0.39 is 23.7 Å². The van der Waals surface area contributed by atoms with Crippen molar-refractivity contribution in [3.8, 4) is 11.5 Å². The molecule has 0 aliphatic heterocycles. The molecule has 2 aromatic rings. The second-order valence-electron chi connectivity index (χ2n) is 11.3. The summed E-state index contributed by atoms with van der Waals surface area (Å²) >= 11 is 12.7. The van der Waals surface area contributed by atoms with Gasteiger partial charge in [-0.2, -0.15) is 0 Å². The van der Waals surface area contributed by atoms with Crippen LogP contribution in [0.25, 0.3) is 0 Å². The molecule has 4 fully saturated rings. The molecular formula is C30H37Cl3N2O5. The lowest BCUT2D eigenvalue weighted by atomic mass is 9.55. The molecule has 0 radical (unpaired) electrons. The number of rotatable bonds is 11. The van der Waals surface area contributed by atoms with Gasteiger partial charge in [0.2, 0.25) is 0 Å². The quantitative estimate of drug-likeness (QED) is 0.214. The third-order valence-electron chi connectivity index (χ3n) is 8.50. The number of benzene rings is 2. The van der Waals surface area contributed by atoms with Crippen molar-refractivity contribution < 1.29 is 24.2 Å². The second kappa shape index (κ2) is 13.6. The van der Waals surface area contributed by atoms with Crippen molar-refractivity contribution in [2.45, 2.75) is 63.5 Å². The van der Waals surface area contributed by atoms with Crippen LogP contribution in [0.3, 0.4) is 0 Å². The Morgan fingerprint density at radius 1 is 1.02 bits per heavy atom. The fourth-order valence-corrected chi connectivity index (χ4v) is 7.44. The van der Waals surface area contributed by atoms with Crippen LogP contribution in [0.5, 0.6) is 11.5 Å². The van der Waals surface area contributed by atoms with E-state index in [0.717, 1.165) is 49.5 Å². The maximum Gasteiger partial charge on any atom is 0.329 e. The summed E-state index contributed by atoms with van der Waals surface area (Å²) in [5, 5.41) is 13.5. The number of esters is 1. The minimum Gasteiger partial charge on any atom is -0.505 e. The Morgan fingerprint density at radius 3 is 2.30 bits per heavy atom. The summed E-state index contributed by atoms with van der Waals surface area (Å²) < 4.78 is 11.8. The highest BCUT2D eigenvalue weighted by molar-refractivity contribution is 6.39. The van der Waals surface area contributed by atoms with Gasteiger partial charge in [0, 0.05) is 6.42 Å². The van der Waals surface area contributed by atoms with Crippen molar-refractivity contribution >= 4 is 47.5 Å². The molecule has 7 nitrogen and oxygen atoms in total. The summed E-state index contributed by atoms with van der Waals surface area (Å²) in [5.41, 5.74) is 6.25. The highest BCUT2D eigenvalue weighted by Gasteiger charge is 2.50. The predicted octanol–water partition coefficient (Wildman–Crippen LogP) is 5.95. The van der Waals surface area contributed by atoms with Gasteiger partial charge in [-0.15, -0.1) is 12.4 Å². The van der Waals surface area contributed by atoms with Crippen molar-refractivity contribution in [2.24, 2.45) is 29.4 Å². The number of hydrogen-bond donors (Lipinski definition) is 3. The van der Waals surface area contributed by atoms with Crippen molar-refractivity contribution in [2.75, 3.05) is 13.2 Å². The van der Waals surface area contributed by atoms with E-state index in [9.17, 15) is 14.7 Å². The molecule has 40 heavy (non-hydrogen) atoms. The van der Waals surface area contributed by atoms with Gasteiger partial charge in [0.05, 0.1) is 17.2 Å². The number of aromatic hydroxyl groups is 1. The number of carbonyl (C=O) groups is 2. The average Bonchev–Trinajstić information content (AvgIpc) is 2.92. The lowest BCUT2D eigenvalue weighted by molar-refractivity contribution is -0.172. The van der Waals surface area contributed by atoms with Gasteiger partial charge >= 0.3 is 5.97 Å². The van der Waals surface area contributed by atoms with E-state index >= 15 is 0 Å². The topological polar surface area (TPSA) is 111 Å². The largest absolute Gasteiger partial charge is 0.505 e. The Labute approximate surface area is 251 Å². The maximum atomic E-state index is 13.6. The molecule has 4 bridgehead atoms. The molecule has 10 heteroatoms. The van der Waals surface area contributed by atoms with Crippen molar-refractivity contribution in [3.63, 3.8) is 0 Å². The molecular weight excluding hydrogens is 575 g/mol. The Morgan fingerprint density at radius 2 is 1.68 bits per heavy atom. The number of hydrogen-bond acceptors (Lipinski definition) is 6. The van der Waals surface area contributed by atoms with Gasteiger partial charge in [0.25, 0.3) is 5.91 Å². The minimum atomic E-state index is -0.943. The molecule has 1 amide bonds. The number of phenolic OH excluding ortho intramolecular Hbond substituents is 1. The summed E-state index contributed by atoms with van der Waals surface area (Å²) in [6, 6.07) is 9.82. The SMILES string of the molecule is Cl.NCCCCOc1c(Cl)cc(C(=O)N[C@@H](Cc2ccccc2)C(=O)OC2C3CC4CC(C3)CC2C4)c(O)c1Cl. The van der Waals surface area contributed by atoms with Crippen molar-refractivity contribution in [3.05, 3.63) is 57.6 Å². The molecule has 4 saturated carbocycles. The van der Waals surface area contributed by atoms with Crippen LogP contribution in [0.2, 0.25) is 10.0 Å². The van der Waals surface area contributed by atoms with Gasteiger partial charge in [-0.3, -0.25) is 4.79 Å². The van der Waals surface area contributed by atoms with Crippen LogP contribution in [-0.4, -0.2) is 42.3 Å². The van der Waals surface area contributed by atoms with E-state index in [4.69, 9.17) is 38.4 Å².